The number of benzene rings is 2. The number of nitrogens with two attached hydrogens (primary N) is 1. The van der Waals surface area contributed by atoms with Crippen molar-refractivity contribution in [3.63, 3.8) is 0 Å². The molecule has 2 aromatic carbocycles. The molecule has 0 radical (unpaired) electrons. The van der Waals surface area contributed by atoms with Gasteiger partial charge >= 0.3 is 6.36 Å². The van der Waals surface area contributed by atoms with Crippen LogP contribution in [0.4, 0.5) is 23.4 Å². The molecule has 208 valence electrons. The largest absolute Gasteiger partial charge is 0.573 e. The molecule has 0 bridgehead atoms. The molecule has 0 aliphatic carbocycles. The van der Waals surface area contributed by atoms with E-state index in [0.717, 1.165) is 22.7 Å². The summed E-state index contributed by atoms with van der Waals surface area (Å²) in [7, 11) is 0. The summed E-state index contributed by atoms with van der Waals surface area (Å²) in [6.07, 6.45) is -3.80. The van der Waals surface area contributed by atoms with Gasteiger partial charge in [0.2, 0.25) is 0 Å². The number of hydrogen-bond acceptors (Lipinski definition) is 7. The summed E-state index contributed by atoms with van der Waals surface area (Å²) >= 11 is 1.43. The molecule has 0 saturated carbocycles. The van der Waals surface area contributed by atoms with Crippen LogP contribution in [0.25, 0.3) is 38.2 Å². The average Bonchev–Trinajstić information content (AvgIpc) is 3.51. The monoisotopic (exact) mass is 580 g/mol. The third-order valence-electron chi connectivity index (χ3n) is 6.74. The number of aromatic nitrogens is 5. The number of nitrogen functional groups attached to an aromatic ring is 1. The summed E-state index contributed by atoms with van der Waals surface area (Å²) in [6, 6.07) is 13.6. The molecule has 0 saturated heterocycles. The van der Waals surface area contributed by atoms with Gasteiger partial charge in [0.05, 0.1) is 17.0 Å². The normalized spacial score (nSPS) is 12.7. The van der Waals surface area contributed by atoms with Crippen LogP contribution < -0.4 is 16.0 Å². The molecule has 0 aliphatic rings. The number of pyridine rings is 1. The molecule has 13 heteroatoms. The average molecular weight is 581 g/mol. The Bertz CT molecular complexity index is 2000. The number of anilines is 1. The molecular weight excluding hydrogens is 560 g/mol. The topological polar surface area (TPSA) is 100 Å². The molecule has 4 heterocycles. The molecule has 41 heavy (non-hydrogen) atoms. The van der Waals surface area contributed by atoms with E-state index >= 15 is 0 Å². The first-order chi connectivity index (χ1) is 19.5. The number of fused-ring (bicyclic) bond motifs is 2. The zero-order valence-electron chi connectivity index (χ0n) is 21.5. The number of aryl methyl sites for hydroxylation is 1. The Hall–Kier alpha value is -4.78. The van der Waals surface area contributed by atoms with Crippen molar-refractivity contribution in [2.45, 2.75) is 26.3 Å². The minimum absolute atomic E-state index is 0.0483. The Morgan fingerprint density at radius 1 is 1.05 bits per heavy atom. The van der Waals surface area contributed by atoms with Crippen molar-refractivity contribution in [3.05, 3.63) is 93.7 Å². The van der Waals surface area contributed by atoms with Gasteiger partial charge in [-0.05, 0) is 49.2 Å². The second-order valence-electron chi connectivity index (χ2n) is 9.32. The number of hydrogen-bond donors (Lipinski definition) is 1. The van der Waals surface area contributed by atoms with E-state index in [0.29, 0.717) is 22.3 Å². The summed E-state index contributed by atoms with van der Waals surface area (Å²) in [5, 5.41) is 6.88. The first kappa shape index (κ1) is 26.4. The second-order valence-corrected chi connectivity index (χ2v) is 10.2. The van der Waals surface area contributed by atoms with Gasteiger partial charge in [-0.25, -0.2) is 19.0 Å². The first-order valence-electron chi connectivity index (χ1n) is 12.3. The molecule has 0 unspecified atom stereocenters. The van der Waals surface area contributed by atoms with Crippen molar-refractivity contribution in [2.75, 3.05) is 5.73 Å². The fourth-order valence-corrected chi connectivity index (χ4v) is 5.83. The van der Waals surface area contributed by atoms with Crippen LogP contribution in [0.2, 0.25) is 0 Å². The summed E-state index contributed by atoms with van der Waals surface area (Å²) in [4.78, 5) is 23.0. The van der Waals surface area contributed by atoms with Crippen LogP contribution in [0.1, 0.15) is 24.2 Å². The van der Waals surface area contributed by atoms with E-state index in [9.17, 15) is 22.4 Å². The Morgan fingerprint density at radius 2 is 1.80 bits per heavy atom. The van der Waals surface area contributed by atoms with Gasteiger partial charge in [-0.15, -0.1) is 24.5 Å². The van der Waals surface area contributed by atoms with Gasteiger partial charge in [0, 0.05) is 16.6 Å². The van der Waals surface area contributed by atoms with E-state index in [2.05, 4.69) is 14.7 Å². The lowest BCUT2D eigenvalue weighted by molar-refractivity contribution is -0.275. The maximum atomic E-state index is 14.7. The standard InChI is InChI=1S/C28H20F4N6O2S/c1-14-12-41-21-11-18(22(27(39)37(14)21)16-6-4-3-5-7-16)15(2)38-26-23(25(33)34-13-35-26)24(36-38)17-8-9-20(19(29)10-17)40-28(30,31)32/h3-13,15H,1-2H3,(H2,33,34,35)/t15-/m0/s1. The van der Waals surface area contributed by atoms with Gasteiger partial charge < -0.3 is 10.5 Å². The van der Waals surface area contributed by atoms with E-state index in [1.54, 1.807) is 9.08 Å². The van der Waals surface area contributed by atoms with Crippen LogP contribution in [-0.2, 0) is 0 Å². The summed E-state index contributed by atoms with van der Waals surface area (Å²) < 4.78 is 59.7. The van der Waals surface area contributed by atoms with Crippen molar-refractivity contribution in [3.8, 4) is 28.1 Å². The van der Waals surface area contributed by atoms with Crippen molar-refractivity contribution in [2.24, 2.45) is 0 Å². The third kappa shape index (κ3) is 4.57. The first-order valence-corrected chi connectivity index (χ1v) is 13.1. The third-order valence-corrected chi connectivity index (χ3v) is 7.74. The van der Waals surface area contributed by atoms with Gasteiger partial charge in [-0.2, -0.15) is 5.10 Å². The number of ether oxygens (including phenoxy) is 1. The van der Waals surface area contributed by atoms with Crippen LogP contribution in [-0.4, -0.2) is 30.5 Å². The Morgan fingerprint density at radius 3 is 2.51 bits per heavy atom. The number of thiazole rings is 1. The molecule has 2 N–H and O–H groups in total. The highest BCUT2D eigenvalue weighted by Gasteiger charge is 2.33. The lowest BCUT2D eigenvalue weighted by Crippen LogP contribution is -2.21. The van der Waals surface area contributed by atoms with Crippen LogP contribution in [0.3, 0.4) is 0 Å². The number of halogens is 4. The molecular formula is C28H20F4N6O2S. The van der Waals surface area contributed by atoms with Gasteiger partial charge in [0.1, 0.15) is 22.7 Å². The Balaban J connectivity index is 1.57. The second kappa shape index (κ2) is 9.70. The highest BCUT2D eigenvalue weighted by Crippen LogP contribution is 2.37. The molecule has 4 aromatic heterocycles. The van der Waals surface area contributed by atoms with Crippen molar-refractivity contribution in [1.29, 1.82) is 0 Å². The summed E-state index contributed by atoms with van der Waals surface area (Å²) in [6.45, 7) is 3.70. The van der Waals surface area contributed by atoms with Crippen molar-refractivity contribution in [1.82, 2.24) is 24.1 Å². The van der Waals surface area contributed by atoms with Crippen LogP contribution >= 0.6 is 11.3 Å². The smallest absolute Gasteiger partial charge is 0.403 e. The number of rotatable bonds is 5. The van der Waals surface area contributed by atoms with Crippen LogP contribution in [0, 0.1) is 12.7 Å². The zero-order chi connectivity index (χ0) is 29.1. The summed E-state index contributed by atoms with van der Waals surface area (Å²) in [5.74, 6) is -2.16. The van der Waals surface area contributed by atoms with Crippen LogP contribution in [0.5, 0.6) is 5.75 Å². The molecule has 6 aromatic rings. The maximum absolute atomic E-state index is 14.7. The van der Waals surface area contributed by atoms with E-state index in [1.165, 1.54) is 23.7 Å². The SMILES string of the molecule is Cc1csc2cc([C@H](C)n3nc(-c4ccc(OC(F)(F)F)c(F)c4)c4c(N)ncnc43)c(-c3ccccc3)c(=O)n12. The van der Waals surface area contributed by atoms with Crippen molar-refractivity contribution < 1.29 is 22.3 Å². The highest BCUT2D eigenvalue weighted by atomic mass is 32.1. The molecule has 0 spiro atoms. The van der Waals surface area contributed by atoms with Gasteiger partial charge in [0.15, 0.2) is 17.2 Å². The fourth-order valence-electron chi connectivity index (χ4n) is 4.90. The summed E-state index contributed by atoms with van der Waals surface area (Å²) in [5.41, 5.74) is 9.27. The predicted octanol–water partition coefficient (Wildman–Crippen LogP) is 6.37. The fraction of sp³-hybridized carbons (Fsp3) is 0.143. The minimum atomic E-state index is -5.05. The Labute approximate surface area is 233 Å². The molecule has 6 rings (SSSR count). The van der Waals surface area contributed by atoms with E-state index in [-0.39, 0.29) is 28.0 Å². The van der Waals surface area contributed by atoms with Crippen molar-refractivity contribution >= 4 is 33.0 Å². The highest BCUT2D eigenvalue weighted by molar-refractivity contribution is 7.15. The van der Waals surface area contributed by atoms with Crippen LogP contribution in [0.15, 0.2) is 71.1 Å². The number of nitrogens with zero attached hydrogens (tertiary/aromatic N) is 5. The lowest BCUT2D eigenvalue weighted by Gasteiger charge is -2.18. The quantitative estimate of drug-likeness (QED) is 0.238. The zero-order valence-corrected chi connectivity index (χ0v) is 22.3. The molecule has 0 aliphatic heterocycles. The molecule has 0 fully saturated rings. The lowest BCUT2D eigenvalue weighted by atomic mass is 9.97. The van der Waals surface area contributed by atoms with E-state index in [1.807, 2.05) is 55.6 Å². The maximum Gasteiger partial charge on any atom is 0.573 e. The minimum Gasteiger partial charge on any atom is -0.403 e. The van der Waals surface area contributed by atoms with Gasteiger partial charge in [-0.1, -0.05) is 30.3 Å². The molecule has 8 nitrogen and oxygen atoms in total. The molecule has 1 atom stereocenters. The van der Waals surface area contributed by atoms with Gasteiger partial charge in [0.25, 0.3) is 5.56 Å². The van der Waals surface area contributed by atoms with Gasteiger partial charge in [-0.3, -0.25) is 9.20 Å². The number of alkyl halides is 3. The van der Waals surface area contributed by atoms with E-state index < -0.39 is 24.0 Å². The van der Waals surface area contributed by atoms with E-state index in [4.69, 9.17) is 10.8 Å². The predicted molar refractivity (Wildman–Crippen MR) is 147 cm³/mol. The molecule has 0 amide bonds. The Kier molecular flexibility index (Phi) is 6.25.